The van der Waals surface area contributed by atoms with E-state index < -0.39 is 0 Å². The molecule has 0 spiro atoms. The molecule has 0 aromatic heterocycles. The fraction of sp³-hybridized carbons (Fsp3) is 0.630. The average Bonchev–Trinajstić information content (AvgIpc) is 2.70. The molecule has 0 unspecified atom stereocenters. The first-order chi connectivity index (χ1) is 13.4. The van der Waals surface area contributed by atoms with Gasteiger partial charge in [0.2, 0.25) is 0 Å². The number of hydrogen-bond acceptors (Lipinski definition) is 1. The Kier molecular flexibility index (Phi) is 33.7. The van der Waals surface area contributed by atoms with E-state index in [0.29, 0.717) is 0 Å². The van der Waals surface area contributed by atoms with Crippen LogP contribution in [0.25, 0.3) is 5.57 Å². The van der Waals surface area contributed by atoms with Crippen LogP contribution in [0.15, 0.2) is 36.9 Å². The zero-order valence-corrected chi connectivity index (χ0v) is 21.4. The predicted molar refractivity (Wildman–Crippen MR) is 138 cm³/mol. The maximum absolute atomic E-state index is 4.05. The van der Waals surface area contributed by atoms with Crippen molar-refractivity contribution < 1.29 is 0 Å². The molecule has 1 aromatic carbocycles. The molecule has 1 heteroatoms. The van der Waals surface area contributed by atoms with Gasteiger partial charge in [-0.1, -0.05) is 92.0 Å². The summed E-state index contributed by atoms with van der Waals surface area (Å²) in [6.07, 6.45) is 5.99. The normalized spacial score (nSPS) is 8.25. The summed E-state index contributed by atoms with van der Waals surface area (Å²) in [6.45, 7) is 31.5. The average molecular weight is 392 g/mol. The van der Waals surface area contributed by atoms with Crippen LogP contribution in [0.4, 0.5) is 5.69 Å². The molecule has 0 saturated heterocycles. The van der Waals surface area contributed by atoms with E-state index in [0.717, 1.165) is 25.0 Å². The van der Waals surface area contributed by atoms with Gasteiger partial charge in [0.15, 0.2) is 0 Å². The number of anilines is 1. The molecule has 0 bridgehead atoms. The van der Waals surface area contributed by atoms with E-state index in [2.05, 4.69) is 78.2 Å². The number of rotatable bonds is 7. The van der Waals surface area contributed by atoms with Crippen LogP contribution in [0.1, 0.15) is 113 Å². The Bertz CT molecular complexity index is 457. The first-order valence-corrected chi connectivity index (χ1v) is 11.5. The molecule has 0 aliphatic heterocycles. The molecule has 28 heavy (non-hydrogen) atoms. The lowest BCUT2D eigenvalue weighted by Crippen LogP contribution is -1.99. The minimum Gasteiger partial charge on any atom is -0.385 e. The maximum Gasteiger partial charge on any atom is 0.0343 e. The van der Waals surface area contributed by atoms with Gasteiger partial charge >= 0.3 is 0 Å². The topological polar surface area (TPSA) is 12.0 Å². The van der Waals surface area contributed by atoms with Crippen molar-refractivity contribution in [2.45, 2.75) is 108 Å². The van der Waals surface area contributed by atoms with Crippen LogP contribution in [-0.4, -0.2) is 6.54 Å². The largest absolute Gasteiger partial charge is 0.385 e. The van der Waals surface area contributed by atoms with Crippen LogP contribution in [0.5, 0.6) is 0 Å². The molecule has 1 rings (SSSR count). The Hall–Kier alpha value is -1.50. The second kappa shape index (κ2) is 27.7. The van der Waals surface area contributed by atoms with Gasteiger partial charge in [0.25, 0.3) is 0 Å². The van der Waals surface area contributed by atoms with E-state index in [1.165, 1.54) is 41.6 Å². The standard InChI is InChI=1S/C15H23N.C5H10.C3H8.2C2H6/c1-5-7-8-13-11-14(16-6-2)9-10-15(13)12(3)4;1-4-5(2)3;1-3-2;2*1-2/h9-11,16H,3,5-8H2,1-2,4H3;2,4H2,1,3H3;3H2,1-2H3;2*1-2H3. The number of benzene rings is 1. The fourth-order valence-corrected chi connectivity index (χ4v) is 1.90. The molecule has 0 radical (unpaired) electrons. The quantitative estimate of drug-likeness (QED) is 0.456. The van der Waals surface area contributed by atoms with Crippen molar-refractivity contribution in [3.63, 3.8) is 0 Å². The molecule has 0 heterocycles. The molecule has 0 amide bonds. The highest BCUT2D eigenvalue weighted by atomic mass is 14.8. The third-order valence-corrected chi connectivity index (χ3v) is 3.35. The highest BCUT2D eigenvalue weighted by Gasteiger charge is 2.04. The van der Waals surface area contributed by atoms with Crippen LogP contribution >= 0.6 is 0 Å². The van der Waals surface area contributed by atoms with Crippen LogP contribution in [0.2, 0.25) is 0 Å². The van der Waals surface area contributed by atoms with E-state index in [1.54, 1.807) is 0 Å². The van der Waals surface area contributed by atoms with E-state index in [1.807, 2.05) is 34.6 Å². The van der Waals surface area contributed by atoms with Crippen molar-refractivity contribution in [1.29, 1.82) is 0 Å². The summed E-state index contributed by atoms with van der Waals surface area (Å²) in [6, 6.07) is 6.59. The molecule has 1 nitrogen and oxygen atoms in total. The molecule has 0 saturated carbocycles. The molecule has 0 aliphatic rings. The van der Waals surface area contributed by atoms with Crippen LogP contribution < -0.4 is 5.32 Å². The lowest BCUT2D eigenvalue weighted by molar-refractivity contribution is 0.793. The van der Waals surface area contributed by atoms with Gasteiger partial charge in [-0.2, -0.15) is 0 Å². The van der Waals surface area contributed by atoms with Gasteiger partial charge in [0.05, 0.1) is 0 Å². The highest BCUT2D eigenvalue weighted by Crippen LogP contribution is 2.23. The number of aryl methyl sites for hydroxylation is 1. The van der Waals surface area contributed by atoms with Gasteiger partial charge in [-0.05, 0) is 63.3 Å². The van der Waals surface area contributed by atoms with Gasteiger partial charge in [-0.15, -0.1) is 6.58 Å². The van der Waals surface area contributed by atoms with Crippen molar-refractivity contribution >= 4 is 11.3 Å². The SMILES string of the molecule is C=C(C)CC.C=C(C)c1ccc(NCC)cc1CCCC.CC.CC.CCC. The lowest BCUT2D eigenvalue weighted by atomic mass is 9.97. The maximum atomic E-state index is 4.05. The zero-order valence-electron chi connectivity index (χ0n) is 21.4. The van der Waals surface area contributed by atoms with E-state index in [-0.39, 0.29) is 0 Å². The third kappa shape index (κ3) is 22.5. The first kappa shape index (κ1) is 34.0. The van der Waals surface area contributed by atoms with Gasteiger partial charge in [0, 0.05) is 12.2 Å². The summed E-state index contributed by atoms with van der Waals surface area (Å²) in [7, 11) is 0. The number of hydrogen-bond donors (Lipinski definition) is 1. The molecule has 1 N–H and O–H groups in total. The summed E-state index contributed by atoms with van der Waals surface area (Å²) in [5.74, 6) is 0. The van der Waals surface area contributed by atoms with Crippen molar-refractivity contribution in [1.82, 2.24) is 0 Å². The number of allylic oxidation sites excluding steroid dienone is 2. The Morgan fingerprint density at radius 1 is 0.893 bits per heavy atom. The smallest absolute Gasteiger partial charge is 0.0343 e. The first-order valence-electron chi connectivity index (χ1n) is 11.5. The van der Waals surface area contributed by atoms with Crippen LogP contribution in [-0.2, 0) is 6.42 Å². The summed E-state index contributed by atoms with van der Waals surface area (Å²) in [4.78, 5) is 0. The van der Waals surface area contributed by atoms with E-state index >= 15 is 0 Å². The Morgan fingerprint density at radius 2 is 1.36 bits per heavy atom. The van der Waals surface area contributed by atoms with Gasteiger partial charge < -0.3 is 5.32 Å². The molecular formula is C27H53N. The predicted octanol–water partition coefficient (Wildman–Crippen LogP) is 9.94. The summed E-state index contributed by atoms with van der Waals surface area (Å²) >= 11 is 0. The van der Waals surface area contributed by atoms with Crippen molar-refractivity contribution in [2.24, 2.45) is 0 Å². The Balaban J connectivity index is -0.000000200. The monoisotopic (exact) mass is 391 g/mol. The number of nitrogens with one attached hydrogen (secondary N) is 1. The van der Waals surface area contributed by atoms with Crippen molar-refractivity contribution in [3.8, 4) is 0 Å². The van der Waals surface area contributed by atoms with Gasteiger partial charge in [-0.25, -0.2) is 0 Å². The Morgan fingerprint density at radius 3 is 1.68 bits per heavy atom. The summed E-state index contributed by atoms with van der Waals surface area (Å²) in [5, 5.41) is 3.36. The molecule has 0 aliphatic carbocycles. The van der Waals surface area contributed by atoms with Crippen molar-refractivity contribution in [2.75, 3.05) is 11.9 Å². The molecule has 1 aromatic rings. The number of unbranched alkanes of at least 4 members (excludes halogenated alkanes) is 1. The second-order valence-corrected chi connectivity index (χ2v) is 6.30. The Labute approximate surface area is 179 Å². The third-order valence-electron chi connectivity index (χ3n) is 3.35. The minimum atomic E-state index is 0.972. The van der Waals surface area contributed by atoms with Crippen LogP contribution in [0, 0.1) is 0 Å². The lowest BCUT2D eigenvalue weighted by Gasteiger charge is -2.12. The molecule has 166 valence electrons. The van der Waals surface area contributed by atoms with E-state index in [9.17, 15) is 0 Å². The summed E-state index contributed by atoms with van der Waals surface area (Å²) in [5.41, 5.74) is 6.38. The van der Waals surface area contributed by atoms with Crippen molar-refractivity contribution in [3.05, 3.63) is 48.1 Å². The van der Waals surface area contributed by atoms with E-state index in [4.69, 9.17) is 0 Å². The molecule has 0 atom stereocenters. The highest BCUT2D eigenvalue weighted by molar-refractivity contribution is 5.67. The fourth-order valence-electron chi connectivity index (χ4n) is 1.90. The zero-order chi connectivity index (χ0) is 23.0. The molecule has 0 fully saturated rings. The summed E-state index contributed by atoms with van der Waals surface area (Å²) < 4.78 is 0. The van der Waals surface area contributed by atoms with Crippen LogP contribution in [0.3, 0.4) is 0 Å². The minimum absolute atomic E-state index is 0.972. The van der Waals surface area contributed by atoms with Gasteiger partial charge in [-0.3, -0.25) is 0 Å². The van der Waals surface area contributed by atoms with Gasteiger partial charge in [0.1, 0.15) is 0 Å². The second-order valence-electron chi connectivity index (χ2n) is 6.30. The molecular weight excluding hydrogens is 338 g/mol.